The lowest BCUT2D eigenvalue weighted by Crippen LogP contribution is -2.12. The first-order valence-electron chi connectivity index (χ1n) is 6.89. The van der Waals surface area contributed by atoms with Gasteiger partial charge in [-0.15, -0.1) is 0 Å². The largest absolute Gasteiger partial charge is 0.477 e. The zero-order valence-electron chi connectivity index (χ0n) is 11.7. The fourth-order valence-corrected chi connectivity index (χ4v) is 1.78. The number of rotatable bonds is 8. The summed E-state index contributed by atoms with van der Waals surface area (Å²) >= 11 is 0. The number of unbranched alkanes of at least 4 members (excludes halogenated alkanes) is 4. The molecule has 0 amide bonds. The molecule has 0 aromatic carbocycles. The summed E-state index contributed by atoms with van der Waals surface area (Å²) in [6.45, 7) is 2.60. The van der Waals surface area contributed by atoms with Gasteiger partial charge >= 0.3 is 6.18 Å². The molecule has 0 radical (unpaired) electrons. The predicted octanol–water partition coefficient (Wildman–Crippen LogP) is 3.91. The van der Waals surface area contributed by atoms with E-state index in [0.29, 0.717) is 12.2 Å². The molecule has 0 fully saturated rings. The maximum Gasteiger partial charge on any atom is 0.433 e. The zero-order chi connectivity index (χ0) is 15.0. The van der Waals surface area contributed by atoms with E-state index < -0.39 is 11.9 Å². The maximum absolute atomic E-state index is 12.6. The van der Waals surface area contributed by atoms with Crippen molar-refractivity contribution in [1.82, 2.24) is 4.98 Å². The van der Waals surface area contributed by atoms with Crippen molar-refractivity contribution >= 4 is 0 Å². The fraction of sp³-hybridized carbons (Fsp3) is 0.643. The molecule has 1 heterocycles. The molecule has 1 aromatic heterocycles. The van der Waals surface area contributed by atoms with Gasteiger partial charge in [-0.1, -0.05) is 38.7 Å². The minimum Gasteiger partial charge on any atom is -0.477 e. The average Bonchev–Trinajstić information content (AvgIpc) is 2.41. The van der Waals surface area contributed by atoms with Crippen molar-refractivity contribution in [2.45, 2.75) is 51.7 Å². The molecule has 0 saturated carbocycles. The number of aromatic nitrogens is 1. The average molecular weight is 290 g/mol. The van der Waals surface area contributed by atoms with Gasteiger partial charge in [0.25, 0.3) is 0 Å². The van der Waals surface area contributed by atoms with Crippen molar-refractivity contribution in [3.63, 3.8) is 0 Å². The lowest BCUT2D eigenvalue weighted by Gasteiger charge is -2.12. The Balaban J connectivity index is 2.58. The second kappa shape index (κ2) is 8.09. The van der Waals surface area contributed by atoms with Crippen molar-refractivity contribution in [2.24, 2.45) is 5.73 Å². The minimum absolute atomic E-state index is 0.00202. The standard InChI is InChI=1S/C14H21F3N2O/c1-2-3-4-5-6-9-20-13-11(10-18)7-8-12(19-13)14(15,16)17/h7-8H,2-6,9-10,18H2,1H3. The first kappa shape index (κ1) is 16.8. The Morgan fingerprint density at radius 3 is 2.45 bits per heavy atom. The van der Waals surface area contributed by atoms with Crippen LogP contribution in [-0.4, -0.2) is 11.6 Å². The smallest absolute Gasteiger partial charge is 0.433 e. The third-order valence-corrected chi connectivity index (χ3v) is 2.94. The Morgan fingerprint density at radius 2 is 1.85 bits per heavy atom. The first-order valence-corrected chi connectivity index (χ1v) is 6.89. The third kappa shape index (κ3) is 5.36. The van der Waals surface area contributed by atoms with Gasteiger partial charge in [0.15, 0.2) is 0 Å². The van der Waals surface area contributed by atoms with Gasteiger partial charge < -0.3 is 10.5 Å². The van der Waals surface area contributed by atoms with E-state index in [4.69, 9.17) is 10.5 Å². The molecule has 1 aromatic rings. The van der Waals surface area contributed by atoms with Gasteiger partial charge in [0, 0.05) is 12.1 Å². The molecule has 0 unspecified atom stereocenters. The Kier molecular flexibility index (Phi) is 6.78. The van der Waals surface area contributed by atoms with Crippen LogP contribution in [0.4, 0.5) is 13.2 Å². The van der Waals surface area contributed by atoms with Crippen LogP contribution in [0, 0.1) is 0 Å². The number of hydrogen-bond acceptors (Lipinski definition) is 3. The second-order valence-electron chi connectivity index (χ2n) is 4.63. The van der Waals surface area contributed by atoms with Crippen LogP contribution >= 0.6 is 0 Å². The number of halogens is 3. The Bertz CT molecular complexity index is 408. The molecule has 0 bridgehead atoms. The molecular formula is C14H21F3N2O. The van der Waals surface area contributed by atoms with Crippen molar-refractivity contribution in [3.05, 3.63) is 23.4 Å². The summed E-state index contributed by atoms with van der Waals surface area (Å²) in [4.78, 5) is 3.52. The molecule has 114 valence electrons. The molecule has 3 nitrogen and oxygen atoms in total. The predicted molar refractivity (Wildman–Crippen MR) is 71.4 cm³/mol. The summed E-state index contributed by atoms with van der Waals surface area (Å²) in [5, 5.41) is 0. The molecular weight excluding hydrogens is 269 g/mol. The summed E-state index contributed by atoms with van der Waals surface area (Å²) in [5.74, 6) is -0.00202. The monoisotopic (exact) mass is 290 g/mol. The van der Waals surface area contributed by atoms with Crippen LogP contribution in [0.15, 0.2) is 12.1 Å². The van der Waals surface area contributed by atoms with Crippen LogP contribution in [0.3, 0.4) is 0 Å². The number of pyridine rings is 1. The highest BCUT2D eigenvalue weighted by Crippen LogP contribution is 2.30. The van der Waals surface area contributed by atoms with Gasteiger partial charge in [-0.25, -0.2) is 4.98 Å². The molecule has 6 heteroatoms. The van der Waals surface area contributed by atoms with E-state index in [0.717, 1.165) is 38.2 Å². The van der Waals surface area contributed by atoms with Crippen LogP contribution in [0.5, 0.6) is 5.88 Å². The fourth-order valence-electron chi connectivity index (χ4n) is 1.78. The van der Waals surface area contributed by atoms with Crippen LogP contribution in [0.25, 0.3) is 0 Å². The first-order chi connectivity index (χ1) is 9.49. The van der Waals surface area contributed by atoms with E-state index in [-0.39, 0.29) is 12.4 Å². The third-order valence-electron chi connectivity index (χ3n) is 2.94. The molecule has 2 N–H and O–H groups in total. The van der Waals surface area contributed by atoms with Gasteiger partial charge in [0.05, 0.1) is 6.61 Å². The number of alkyl halides is 3. The van der Waals surface area contributed by atoms with E-state index in [9.17, 15) is 13.2 Å². The van der Waals surface area contributed by atoms with Crippen LogP contribution in [0.1, 0.15) is 50.3 Å². The highest BCUT2D eigenvalue weighted by Gasteiger charge is 2.33. The van der Waals surface area contributed by atoms with Crippen molar-refractivity contribution in [3.8, 4) is 5.88 Å². The number of hydrogen-bond donors (Lipinski definition) is 1. The van der Waals surface area contributed by atoms with E-state index in [1.165, 1.54) is 6.07 Å². The Morgan fingerprint density at radius 1 is 1.15 bits per heavy atom. The lowest BCUT2D eigenvalue weighted by molar-refractivity contribution is -0.141. The molecule has 0 aliphatic heterocycles. The highest BCUT2D eigenvalue weighted by molar-refractivity contribution is 5.29. The van der Waals surface area contributed by atoms with E-state index in [1.807, 2.05) is 0 Å². The van der Waals surface area contributed by atoms with Gasteiger partial charge in [-0.3, -0.25) is 0 Å². The Hall–Kier alpha value is -1.30. The van der Waals surface area contributed by atoms with E-state index in [1.54, 1.807) is 0 Å². The Labute approximate surface area is 117 Å². The van der Waals surface area contributed by atoms with Crippen molar-refractivity contribution < 1.29 is 17.9 Å². The van der Waals surface area contributed by atoms with Gasteiger partial charge in [0.2, 0.25) is 5.88 Å². The molecule has 1 rings (SSSR count). The number of ether oxygens (including phenoxy) is 1. The summed E-state index contributed by atoms with van der Waals surface area (Å²) < 4.78 is 43.1. The number of nitrogens with two attached hydrogens (primary N) is 1. The van der Waals surface area contributed by atoms with E-state index >= 15 is 0 Å². The summed E-state index contributed by atoms with van der Waals surface area (Å²) in [5.41, 5.74) is 5.02. The van der Waals surface area contributed by atoms with Crippen LogP contribution < -0.4 is 10.5 Å². The summed E-state index contributed by atoms with van der Waals surface area (Å²) in [6.07, 6.45) is 0.766. The minimum atomic E-state index is -4.47. The normalized spacial score (nSPS) is 11.7. The van der Waals surface area contributed by atoms with Crippen LogP contribution in [0.2, 0.25) is 0 Å². The zero-order valence-corrected chi connectivity index (χ0v) is 11.7. The van der Waals surface area contributed by atoms with Crippen LogP contribution in [-0.2, 0) is 12.7 Å². The quantitative estimate of drug-likeness (QED) is 0.738. The molecule has 0 aliphatic rings. The molecule has 0 spiro atoms. The maximum atomic E-state index is 12.6. The van der Waals surface area contributed by atoms with Gasteiger partial charge in [-0.05, 0) is 12.5 Å². The van der Waals surface area contributed by atoms with Crippen molar-refractivity contribution in [2.75, 3.05) is 6.61 Å². The highest BCUT2D eigenvalue weighted by atomic mass is 19.4. The molecule has 0 saturated heterocycles. The van der Waals surface area contributed by atoms with Gasteiger partial charge in [-0.2, -0.15) is 13.2 Å². The topological polar surface area (TPSA) is 48.1 Å². The van der Waals surface area contributed by atoms with Gasteiger partial charge in [0.1, 0.15) is 5.69 Å². The number of nitrogens with zero attached hydrogens (tertiary/aromatic N) is 1. The summed E-state index contributed by atoms with van der Waals surface area (Å²) in [6, 6.07) is 2.25. The summed E-state index contributed by atoms with van der Waals surface area (Å²) in [7, 11) is 0. The molecule has 0 atom stereocenters. The molecule has 20 heavy (non-hydrogen) atoms. The van der Waals surface area contributed by atoms with Crippen molar-refractivity contribution in [1.29, 1.82) is 0 Å². The second-order valence-corrected chi connectivity index (χ2v) is 4.63. The molecule has 0 aliphatic carbocycles. The van der Waals surface area contributed by atoms with E-state index in [2.05, 4.69) is 11.9 Å². The SMILES string of the molecule is CCCCCCCOc1nc(C(F)(F)F)ccc1CN. The lowest BCUT2D eigenvalue weighted by atomic mass is 10.2.